The minimum absolute atomic E-state index is 0.00575. The number of likely N-dealkylation sites (tertiary alicyclic amines) is 1. The Kier molecular flexibility index (Phi) is 6.51. The highest BCUT2D eigenvalue weighted by atomic mass is 32.1. The molecular weight excluding hydrogens is 528 g/mol. The van der Waals surface area contributed by atoms with Gasteiger partial charge >= 0.3 is 0 Å². The summed E-state index contributed by atoms with van der Waals surface area (Å²) in [6.07, 6.45) is 14.9. The fraction of sp³-hybridized carbons (Fsp3) is 0.321. The molecule has 206 valence electrons. The number of aryl methyl sites for hydroxylation is 1. The van der Waals surface area contributed by atoms with E-state index in [1.165, 1.54) is 23.2 Å². The quantitative estimate of drug-likeness (QED) is 0.302. The number of carbonyl (C=O) groups excluding carboxylic acids is 2. The maximum absolute atomic E-state index is 13.3. The third kappa shape index (κ3) is 4.80. The van der Waals surface area contributed by atoms with Gasteiger partial charge in [0.2, 0.25) is 5.91 Å². The number of fused-ring (bicyclic) bond motifs is 2. The normalized spacial score (nSPS) is 17.4. The zero-order chi connectivity index (χ0) is 28.0. The number of hydrogen-bond acceptors (Lipinski definition) is 8. The lowest BCUT2D eigenvalue weighted by atomic mass is 9.69. The summed E-state index contributed by atoms with van der Waals surface area (Å²) in [7, 11) is 0. The first kappa shape index (κ1) is 26.0. The van der Waals surface area contributed by atoms with Gasteiger partial charge in [-0.15, -0.1) is 11.3 Å². The van der Waals surface area contributed by atoms with Gasteiger partial charge in [-0.05, 0) is 24.5 Å². The van der Waals surface area contributed by atoms with Crippen LogP contribution in [-0.2, 0) is 11.3 Å². The van der Waals surface area contributed by atoms with Crippen LogP contribution in [-0.4, -0.2) is 65.9 Å². The Balaban J connectivity index is 1.13. The maximum Gasteiger partial charge on any atom is 0.260 e. The highest BCUT2D eigenvalue weighted by Crippen LogP contribution is 2.45. The second-order valence-corrected chi connectivity index (χ2v) is 11.7. The molecule has 0 bridgehead atoms. The van der Waals surface area contributed by atoms with Gasteiger partial charge in [0.15, 0.2) is 0 Å². The SMILES string of the molecule is Cc1ncc(NC(=O)CN2CC3C2=CC=CC3(C)C)cc1NC(=O)c1cnn2cc(-c3cnn(CCO)c3)sc12. The smallest absolute Gasteiger partial charge is 0.260 e. The Morgan fingerprint density at radius 3 is 2.85 bits per heavy atom. The molecule has 11 nitrogen and oxygen atoms in total. The highest BCUT2D eigenvalue weighted by molar-refractivity contribution is 7.21. The number of aliphatic hydroxyl groups excluding tert-OH is 1. The van der Waals surface area contributed by atoms with Crippen molar-refractivity contribution in [3.8, 4) is 10.4 Å². The number of pyridine rings is 1. The molecule has 2 aliphatic rings. The third-order valence-corrected chi connectivity index (χ3v) is 8.62. The minimum Gasteiger partial charge on any atom is -0.394 e. The molecule has 4 aromatic heterocycles. The Morgan fingerprint density at radius 1 is 1.18 bits per heavy atom. The summed E-state index contributed by atoms with van der Waals surface area (Å²) in [5, 5.41) is 23.6. The second-order valence-electron chi connectivity index (χ2n) is 10.7. The number of hydrogen-bond donors (Lipinski definition) is 3. The highest BCUT2D eigenvalue weighted by Gasteiger charge is 2.43. The number of anilines is 2. The number of allylic oxidation sites excluding steroid dienone is 3. The topological polar surface area (TPSA) is 130 Å². The van der Waals surface area contributed by atoms with E-state index < -0.39 is 0 Å². The van der Waals surface area contributed by atoms with Crippen molar-refractivity contribution < 1.29 is 14.7 Å². The van der Waals surface area contributed by atoms with Crippen molar-refractivity contribution in [2.45, 2.75) is 27.3 Å². The van der Waals surface area contributed by atoms with Crippen LogP contribution in [0.25, 0.3) is 15.3 Å². The monoisotopic (exact) mass is 558 g/mol. The Bertz CT molecular complexity index is 1680. The fourth-order valence-electron chi connectivity index (χ4n) is 5.11. The molecular formula is C28H30N8O3S. The van der Waals surface area contributed by atoms with Crippen LogP contribution < -0.4 is 10.6 Å². The molecule has 40 heavy (non-hydrogen) atoms. The van der Waals surface area contributed by atoms with Crippen molar-refractivity contribution in [3.63, 3.8) is 0 Å². The van der Waals surface area contributed by atoms with E-state index in [0.717, 1.165) is 17.0 Å². The summed E-state index contributed by atoms with van der Waals surface area (Å²) in [6, 6.07) is 1.72. The lowest BCUT2D eigenvalue weighted by Crippen LogP contribution is -2.53. The summed E-state index contributed by atoms with van der Waals surface area (Å²) in [4.78, 5) is 34.1. The summed E-state index contributed by atoms with van der Waals surface area (Å²) in [6.45, 7) is 7.76. The molecule has 1 atom stereocenters. The molecule has 4 aromatic rings. The molecule has 0 spiro atoms. The molecule has 1 fully saturated rings. The standard InChI is InChI=1S/C28H30N8O3S/c1-17-22(9-19(11-29-17)32-25(38)16-34-14-21-23(34)5-4-6-28(21,2)3)33-26(39)20-12-31-36-15-24(40-27(20)36)18-10-30-35(13-18)7-8-37/h4-6,9-13,15,21,37H,7-8,14,16H2,1-3H3,(H,32,38)(H,33,39). The first-order chi connectivity index (χ1) is 19.2. The van der Waals surface area contributed by atoms with E-state index >= 15 is 0 Å². The Labute approximate surface area is 234 Å². The summed E-state index contributed by atoms with van der Waals surface area (Å²) in [5.74, 6) is -0.0208. The average Bonchev–Trinajstić information content (AvgIpc) is 3.62. The number of aromatic nitrogens is 5. The molecule has 2 amide bonds. The van der Waals surface area contributed by atoms with Gasteiger partial charge in [-0.2, -0.15) is 10.2 Å². The van der Waals surface area contributed by atoms with E-state index in [9.17, 15) is 9.59 Å². The second kappa shape index (κ2) is 10.0. The van der Waals surface area contributed by atoms with Crippen molar-refractivity contribution in [2.75, 3.05) is 30.3 Å². The van der Waals surface area contributed by atoms with E-state index in [-0.39, 0.29) is 30.4 Å². The maximum atomic E-state index is 13.3. The van der Waals surface area contributed by atoms with Crippen LogP contribution in [0.1, 0.15) is 29.9 Å². The average molecular weight is 559 g/mol. The molecule has 1 saturated heterocycles. The molecule has 6 rings (SSSR count). The third-order valence-electron chi connectivity index (χ3n) is 7.46. The van der Waals surface area contributed by atoms with Gasteiger partial charge < -0.3 is 20.6 Å². The molecule has 0 saturated carbocycles. The van der Waals surface area contributed by atoms with Gasteiger partial charge in [-0.1, -0.05) is 26.0 Å². The zero-order valence-electron chi connectivity index (χ0n) is 22.5. The Morgan fingerprint density at radius 2 is 2.02 bits per heavy atom. The number of thiazole rings is 1. The van der Waals surface area contributed by atoms with Crippen molar-refractivity contribution in [1.82, 2.24) is 29.3 Å². The molecule has 3 N–H and O–H groups in total. The Hall–Kier alpha value is -4.29. The minimum atomic E-state index is -0.320. The summed E-state index contributed by atoms with van der Waals surface area (Å²) in [5.41, 5.74) is 4.26. The van der Waals surface area contributed by atoms with E-state index in [4.69, 9.17) is 5.11 Å². The number of aliphatic hydroxyl groups is 1. The van der Waals surface area contributed by atoms with Crippen molar-refractivity contribution in [1.29, 1.82) is 0 Å². The number of nitrogens with zero attached hydrogens (tertiary/aromatic N) is 6. The fourth-order valence-corrected chi connectivity index (χ4v) is 6.15. The first-order valence-electron chi connectivity index (χ1n) is 13.0. The van der Waals surface area contributed by atoms with Gasteiger partial charge in [0, 0.05) is 36.1 Å². The lowest BCUT2D eigenvalue weighted by molar-refractivity contribution is -0.118. The van der Waals surface area contributed by atoms with E-state index in [0.29, 0.717) is 39.9 Å². The van der Waals surface area contributed by atoms with Gasteiger partial charge in [0.1, 0.15) is 4.83 Å². The molecule has 0 radical (unpaired) electrons. The van der Waals surface area contributed by atoms with Gasteiger partial charge in [0.05, 0.1) is 65.8 Å². The van der Waals surface area contributed by atoms with E-state index in [2.05, 4.69) is 62.8 Å². The number of rotatable bonds is 8. The van der Waals surface area contributed by atoms with Crippen LogP contribution in [0.5, 0.6) is 0 Å². The van der Waals surface area contributed by atoms with Crippen molar-refractivity contribution in [3.05, 3.63) is 72.2 Å². The van der Waals surface area contributed by atoms with Crippen molar-refractivity contribution >= 4 is 39.4 Å². The van der Waals surface area contributed by atoms with Crippen LogP contribution >= 0.6 is 11.3 Å². The van der Waals surface area contributed by atoms with E-state index in [1.54, 1.807) is 34.6 Å². The molecule has 5 heterocycles. The molecule has 1 aliphatic carbocycles. The molecule has 0 aromatic carbocycles. The summed E-state index contributed by atoms with van der Waals surface area (Å²) < 4.78 is 3.33. The van der Waals surface area contributed by atoms with Gasteiger partial charge in [0.25, 0.3) is 5.91 Å². The molecule has 1 unspecified atom stereocenters. The lowest BCUT2D eigenvalue weighted by Gasteiger charge is -2.51. The summed E-state index contributed by atoms with van der Waals surface area (Å²) >= 11 is 1.43. The predicted molar refractivity (Wildman–Crippen MR) is 153 cm³/mol. The van der Waals surface area contributed by atoms with Crippen LogP contribution in [0.15, 0.2) is 61.0 Å². The van der Waals surface area contributed by atoms with Crippen molar-refractivity contribution in [2.24, 2.45) is 11.3 Å². The molecule has 12 heteroatoms. The van der Waals surface area contributed by atoms with Crippen LogP contribution in [0.2, 0.25) is 0 Å². The van der Waals surface area contributed by atoms with E-state index in [1.807, 2.05) is 12.4 Å². The number of nitrogens with one attached hydrogen (secondary N) is 2. The van der Waals surface area contributed by atoms with Crippen LogP contribution in [0, 0.1) is 18.3 Å². The zero-order valence-corrected chi connectivity index (χ0v) is 23.3. The number of carbonyl (C=O) groups is 2. The first-order valence-corrected chi connectivity index (χ1v) is 13.9. The number of amides is 2. The largest absolute Gasteiger partial charge is 0.394 e. The van der Waals surface area contributed by atoms with Crippen LogP contribution in [0.4, 0.5) is 11.4 Å². The van der Waals surface area contributed by atoms with Crippen LogP contribution in [0.3, 0.4) is 0 Å². The molecule has 1 aliphatic heterocycles. The van der Waals surface area contributed by atoms with Gasteiger partial charge in [-0.3, -0.25) is 19.3 Å². The predicted octanol–water partition coefficient (Wildman–Crippen LogP) is 3.56. The van der Waals surface area contributed by atoms with Gasteiger partial charge in [-0.25, -0.2) is 4.52 Å².